The molecule has 154 valence electrons. The minimum absolute atomic E-state index is 0.0188. The van der Waals surface area contributed by atoms with Crippen molar-refractivity contribution in [1.82, 2.24) is 0 Å². The van der Waals surface area contributed by atoms with E-state index in [0.717, 1.165) is 12.1 Å². The molecule has 4 atom stereocenters. The number of carbonyl (C=O) groups is 1. The molecule has 1 aromatic rings. The predicted molar refractivity (Wildman–Crippen MR) is 86.7 cm³/mol. The first-order chi connectivity index (χ1) is 12.8. The van der Waals surface area contributed by atoms with Gasteiger partial charge in [0.05, 0.1) is 11.1 Å². The fraction of sp³-hybridized carbons (Fsp3) is 0.526. The Hall–Kier alpha value is -1.87. The number of halogens is 6. The molecule has 2 bridgehead atoms. The molecule has 3 rings (SSSR count). The van der Waals surface area contributed by atoms with E-state index in [9.17, 15) is 31.1 Å². The van der Waals surface area contributed by atoms with E-state index in [1.54, 1.807) is 13.8 Å². The number of fused-ring (bicyclic) bond motifs is 2. The van der Waals surface area contributed by atoms with Crippen LogP contribution in [0.1, 0.15) is 43.4 Å². The summed E-state index contributed by atoms with van der Waals surface area (Å²) in [6.07, 6.45) is -7.18. The van der Waals surface area contributed by atoms with Crippen molar-refractivity contribution in [3.63, 3.8) is 0 Å². The molecular weight excluding hydrogens is 390 g/mol. The Bertz CT molecular complexity index is 798. The topological polar surface area (TPSA) is 35.5 Å². The lowest BCUT2D eigenvalue weighted by Crippen LogP contribution is -2.52. The third-order valence-corrected chi connectivity index (χ3v) is 5.47. The number of carbonyl (C=O) groups excluding carboxylic acids is 1. The Labute approximate surface area is 157 Å². The summed E-state index contributed by atoms with van der Waals surface area (Å²) < 4.78 is 78.2. The van der Waals surface area contributed by atoms with Crippen LogP contribution < -0.4 is 0 Å². The van der Waals surface area contributed by atoms with Gasteiger partial charge in [-0.05, 0) is 37.1 Å². The van der Waals surface area contributed by atoms with E-state index in [-0.39, 0.29) is 30.1 Å². The zero-order valence-electron chi connectivity index (χ0n) is 15.0. The number of benzene rings is 1. The molecule has 1 saturated carbocycles. The molecule has 0 radical (unpaired) electrons. The van der Waals surface area contributed by atoms with Crippen LogP contribution in [0.5, 0.6) is 0 Å². The third kappa shape index (κ3) is 3.96. The predicted octanol–water partition coefficient (Wildman–Crippen LogP) is 5.44. The Morgan fingerprint density at radius 3 is 2.43 bits per heavy atom. The van der Waals surface area contributed by atoms with Crippen LogP contribution in [0.15, 0.2) is 24.3 Å². The molecule has 28 heavy (non-hydrogen) atoms. The zero-order chi connectivity index (χ0) is 20.9. The van der Waals surface area contributed by atoms with Crippen LogP contribution in [0.2, 0.25) is 0 Å². The summed E-state index contributed by atoms with van der Waals surface area (Å²) in [5, 5.41) is 0. The fourth-order valence-corrected chi connectivity index (χ4v) is 3.54. The quantitative estimate of drug-likeness (QED) is 0.483. The van der Waals surface area contributed by atoms with E-state index >= 15 is 0 Å². The molecule has 1 aliphatic heterocycles. The van der Waals surface area contributed by atoms with E-state index in [0.29, 0.717) is 12.5 Å². The number of alkyl halides is 6. The van der Waals surface area contributed by atoms with Gasteiger partial charge in [0, 0.05) is 18.3 Å². The first kappa shape index (κ1) is 20.9. The van der Waals surface area contributed by atoms with Crippen molar-refractivity contribution in [2.45, 2.75) is 50.7 Å². The number of Topliss-reactive ketones (excluding diaryl/α,β-unsaturated/α-hetero) is 1. The van der Waals surface area contributed by atoms with E-state index < -0.39 is 40.7 Å². The van der Waals surface area contributed by atoms with Crippen LogP contribution in [0.4, 0.5) is 26.3 Å². The van der Waals surface area contributed by atoms with Gasteiger partial charge in [-0.1, -0.05) is 19.1 Å². The van der Waals surface area contributed by atoms with Crippen molar-refractivity contribution in [3.05, 3.63) is 41.0 Å². The summed E-state index contributed by atoms with van der Waals surface area (Å²) in [5.74, 6) is -0.638. The van der Waals surface area contributed by atoms with Gasteiger partial charge in [-0.2, -0.15) is 26.3 Å². The minimum atomic E-state index is -4.97. The molecule has 3 nitrogen and oxygen atoms in total. The Morgan fingerprint density at radius 1 is 1.14 bits per heavy atom. The molecule has 0 aromatic heterocycles. The lowest BCUT2D eigenvalue weighted by Gasteiger charge is -2.45. The first-order valence-corrected chi connectivity index (χ1v) is 8.66. The Morgan fingerprint density at radius 2 is 1.82 bits per heavy atom. The van der Waals surface area contributed by atoms with Crippen LogP contribution in [-0.2, 0) is 26.9 Å². The zero-order valence-corrected chi connectivity index (χ0v) is 15.0. The maximum absolute atomic E-state index is 13.3. The second-order valence-electron chi connectivity index (χ2n) is 7.42. The van der Waals surface area contributed by atoms with Gasteiger partial charge in [-0.25, -0.2) is 9.78 Å². The van der Waals surface area contributed by atoms with Gasteiger partial charge in [0.15, 0.2) is 0 Å². The highest BCUT2D eigenvalue weighted by Gasteiger charge is 2.49. The van der Waals surface area contributed by atoms with Gasteiger partial charge < -0.3 is 0 Å². The van der Waals surface area contributed by atoms with Crippen molar-refractivity contribution in [3.8, 4) is 0 Å². The normalized spacial score (nSPS) is 31.4. The summed E-state index contributed by atoms with van der Waals surface area (Å²) in [5.41, 5.74) is -4.37. The van der Waals surface area contributed by atoms with Crippen LogP contribution in [0.25, 0.3) is 6.08 Å². The van der Waals surface area contributed by atoms with Crippen molar-refractivity contribution < 1.29 is 40.9 Å². The van der Waals surface area contributed by atoms with Gasteiger partial charge >= 0.3 is 12.4 Å². The van der Waals surface area contributed by atoms with E-state index in [1.165, 1.54) is 6.08 Å². The van der Waals surface area contributed by atoms with Gasteiger partial charge in [-0.3, -0.25) is 4.79 Å². The molecule has 0 N–H and O–H groups in total. The van der Waals surface area contributed by atoms with E-state index in [2.05, 4.69) is 0 Å². The van der Waals surface area contributed by atoms with Crippen molar-refractivity contribution >= 4 is 11.9 Å². The molecule has 1 aliphatic carbocycles. The van der Waals surface area contributed by atoms with Crippen molar-refractivity contribution in [2.24, 2.45) is 11.8 Å². The van der Waals surface area contributed by atoms with E-state index in [4.69, 9.17) is 9.78 Å². The number of ketones is 1. The standard InChI is InChI=1S/C19H18F6O3/c1-10-15(26)8-13-9-16(10)27-28-17(13,2)6-5-11-3-4-12(18(20,21)22)7-14(11)19(23,24)25/h3-7,10,13,16H,8-9H2,1-2H3/b6-5-/t10-,13?,16+,17+/m1/s1. The van der Waals surface area contributed by atoms with Crippen LogP contribution in [0, 0.1) is 11.8 Å². The second-order valence-corrected chi connectivity index (χ2v) is 7.42. The van der Waals surface area contributed by atoms with Crippen molar-refractivity contribution in [2.75, 3.05) is 0 Å². The lowest BCUT2D eigenvalue weighted by molar-refractivity contribution is -0.415. The van der Waals surface area contributed by atoms with Gasteiger partial charge in [0.1, 0.15) is 17.5 Å². The molecule has 1 heterocycles. The smallest absolute Gasteiger partial charge is 0.299 e. The molecule has 0 amide bonds. The summed E-state index contributed by atoms with van der Waals surface area (Å²) in [4.78, 5) is 22.7. The summed E-state index contributed by atoms with van der Waals surface area (Å²) in [7, 11) is 0. The SMILES string of the molecule is C[C@@H]1C(=O)CC2C[C@@H]1OO[C@@]2(C)/C=C\c1ccc(C(F)(F)F)cc1C(F)(F)F. The van der Waals surface area contributed by atoms with E-state index in [1.807, 2.05) is 0 Å². The highest BCUT2D eigenvalue weighted by molar-refractivity contribution is 5.82. The molecule has 1 saturated heterocycles. The summed E-state index contributed by atoms with van der Waals surface area (Å²) >= 11 is 0. The number of hydrogen-bond acceptors (Lipinski definition) is 3. The molecular formula is C19H18F6O3. The maximum atomic E-state index is 13.3. The summed E-state index contributed by atoms with van der Waals surface area (Å²) in [6.45, 7) is 3.30. The first-order valence-electron chi connectivity index (χ1n) is 8.66. The Balaban J connectivity index is 1.92. The third-order valence-electron chi connectivity index (χ3n) is 5.47. The highest BCUT2D eigenvalue weighted by Crippen LogP contribution is 2.44. The van der Waals surface area contributed by atoms with Crippen LogP contribution in [0.3, 0.4) is 0 Å². The van der Waals surface area contributed by atoms with Gasteiger partial charge in [0.25, 0.3) is 0 Å². The average Bonchev–Trinajstić information content (AvgIpc) is 2.59. The molecule has 2 fully saturated rings. The molecule has 0 spiro atoms. The van der Waals surface area contributed by atoms with Gasteiger partial charge in [-0.15, -0.1) is 0 Å². The van der Waals surface area contributed by atoms with Crippen LogP contribution >= 0.6 is 0 Å². The largest absolute Gasteiger partial charge is 0.417 e. The van der Waals surface area contributed by atoms with Crippen molar-refractivity contribution in [1.29, 1.82) is 0 Å². The Kier molecular flexibility index (Phi) is 5.12. The molecule has 1 aromatic carbocycles. The molecule has 2 aliphatic rings. The number of hydrogen-bond donors (Lipinski definition) is 0. The van der Waals surface area contributed by atoms with Gasteiger partial charge in [0.2, 0.25) is 0 Å². The maximum Gasteiger partial charge on any atom is 0.417 e. The lowest BCUT2D eigenvalue weighted by atomic mass is 9.71. The average molecular weight is 408 g/mol. The number of rotatable bonds is 2. The monoisotopic (exact) mass is 408 g/mol. The van der Waals surface area contributed by atoms with Crippen LogP contribution in [-0.4, -0.2) is 17.5 Å². The molecule has 1 unspecified atom stereocenters. The summed E-state index contributed by atoms with van der Waals surface area (Å²) in [6, 6.07) is 1.45. The second kappa shape index (κ2) is 6.88. The minimum Gasteiger partial charge on any atom is -0.299 e. The fourth-order valence-electron chi connectivity index (χ4n) is 3.54. The molecule has 9 heteroatoms. The highest BCUT2D eigenvalue weighted by atomic mass is 19.4.